The second kappa shape index (κ2) is 4.58. The fourth-order valence-corrected chi connectivity index (χ4v) is 2.71. The van der Waals surface area contributed by atoms with E-state index >= 15 is 0 Å². The van der Waals surface area contributed by atoms with Gasteiger partial charge in [0.15, 0.2) is 0 Å². The van der Waals surface area contributed by atoms with Gasteiger partial charge in [-0.2, -0.15) is 5.10 Å². The van der Waals surface area contributed by atoms with Crippen molar-refractivity contribution < 1.29 is 0 Å². The third-order valence-electron chi connectivity index (χ3n) is 3.65. The molecule has 2 heterocycles. The standard InChI is InChI=1S/C15H19N3/c1-11-9-15(18(2)17-11)14-4-3-12-5-7-16-8-6-13(12)10-14/h3-4,9-10,16H,5-8H2,1-2H3. The van der Waals surface area contributed by atoms with Crippen molar-refractivity contribution in [1.82, 2.24) is 15.1 Å². The molecule has 1 aliphatic rings. The Bertz CT molecular complexity index is 569. The van der Waals surface area contributed by atoms with Gasteiger partial charge in [0, 0.05) is 12.6 Å². The SMILES string of the molecule is Cc1cc(-c2ccc3c(c2)CCNCC3)n(C)n1. The molecular formula is C15H19N3. The minimum Gasteiger partial charge on any atom is -0.316 e. The van der Waals surface area contributed by atoms with Crippen LogP contribution in [-0.2, 0) is 19.9 Å². The lowest BCUT2D eigenvalue weighted by molar-refractivity contribution is 0.711. The largest absolute Gasteiger partial charge is 0.316 e. The van der Waals surface area contributed by atoms with Gasteiger partial charge in [-0.05, 0) is 56.1 Å². The highest BCUT2D eigenvalue weighted by atomic mass is 15.3. The van der Waals surface area contributed by atoms with Crippen molar-refractivity contribution in [3.63, 3.8) is 0 Å². The molecule has 1 aliphatic heterocycles. The molecule has 1 aromatic heterocycles. The predicted molar refractivity (Wildman–Crippen MR) is 73.7 cm³/mol. The maximum atomic E-state index is 4.42. The third-order valence-corrected chi connectivity index (χ3v) is 3.65. The number of hydrogen-bond donors (Lipinski definition) is 1. The smallest absolute Gasteiger partial charge is 0.0681 e. The normalized spacial score (nSPS) is 15.2. The summed E-state index contributed by atoms with van der Waals surface area (Å²) in [5, 5.41) is 7.87. The summed E-state index contributed by atoms with van der Waals surface area (Å²) in [7, 11) is 2.01. The number of aryl methyl sites for hydroxylation is 2. The van der Waals surface area contributed by atoms with E-state index < -0.39 is 0 Å². The van der Waals surface area contributed by atoms with Crippen LogP contribution in [0, 0.1) is 6.92 Å². The first-order valence-corrected chi connectivity index (χ1v) is 6.57. The molecule has 3 heteroatoms. The summed E-state index contributed by atoms with van der Waals surface area (Å²) in [6.45, 7) is 4.22. The Balaban J connectivity index is 2.04. The van der Waals surface area contributed by atoms with Crippen molar-refractivity contribution in [2.24, 2.45) is 7.05 Å². The summed E-state index contributed by atoms with van der Waals surface area (Å²) in [6.07, 6.45) is 2.26. The van der Waals surface area contributed by atoms with Crippen LogP contribution in [0.25, 0.3) is 11.3 Å². The molecule has 0 bridgehead atoms. The van der Waals surface area contributed by atoms with E-state index in [1.54, 1.807) is 0 Å². The summed E-state index contributed by atoms with van der Waals surface area (Å²) in [5.41, 5.74) is 6.52. The first-order valence-electron chi connectivity index (χ1n) is 6.57. The number of fused-ring (bicyclic) bond motifs is 1. The van der Waals surface area contributed by atoms with Gasteiger partial charge in [-0.25, -0.2) is 0 Å². The van der Waals surface area contributed by atoms with E-state index in [0.717, 1.165) is 31.6 Å². The van der Waals surface area contributed by atoms with E-state index in [4.69, 9.17) is 0 Å². The van der Waals surface area contributed by atoms with Crippen molar-refractivity contribution in [2.75, 3.05) is 13.1 Å². The van der Waals surface area contributed by atoms with Crippen LogP contribution >= 0.6 is 0 Å². The topological polar surface area (TPSA) is 29.9 Å². The third kappa shape index (κ3) is 2.06. The monoisotopic (exact) mass is 241 g/mol. The van der Waals surface area contributed by atoms with E-state index in [0.29, 0.717) is 0 Å². The molecule has 0 saturated carbocycles. The highest BCUT2D eigenvalue weighted by Gasteiger charge is 2.11. The van der Waals surface area contributed by atoms with Crippen LogP contribution in [-0.4, -0.2) is 22.9 Å². The first kappa shape index (κ1) is 11.5. The van der Waals surface area contributed by atoms with Gasteiger partial charge < -0.3 is 5.32 Å². The van der Waals surface area contributed by atoms with Gasteiger partial charge in [-0.3, -0.25) is 4.68 Å². The van der Waals surface area contributed by atoms with Crippen LogP contribution in [0.15, 0.2) is 24.3 Å². The van der Waals surface area contributed by atoms with Crippen LogP contribution in [0.3, 0.4) is 0 Å². The quantitative estimate of drug-likeness (QED) is 0.828. The van der Waals surface area contributed by atoms with Gasteiger partial charge in [0.05, 0.1) is 11.4 Å². The lowest BCUT2D eigenvalue weighted by atomic mass is 9.99. The van der Waals surface area contributed by atoms with Gasteiger partial charge in [0.25, 0.3) is 0 Å². The Morgan fingerprint density at radius 1 is 1.11 bits per heavy atom. The Labute approximate surface area is 108 Å². The van der Waals surface area contributed by atoms with Crippen LogP contribution < -0.4 is 5.32 Å². The van der Waals surface area contributed by atoms with Crippen LogP contribution in [0.4, 0.5) is 0 Å². The maximum Gasteiger partial charge on any atom is 0.0681 e. The number of benzene rings is 1. The zero-order valence-electron chi connectivity index (χ0n) is 11.0. The lowest BCUT2D eigenvalue weighted by Gasteiger charge is -2.08. The Morgan fingerprint density at radius 2 is 1.89 bits per heavy atom. The summed E-state index contributed by atoms with van der Waals surface area (Å²) < 4.78 is 1.96. The predicted octanol–water partition coefficient (Wildman–Crippen LogP) is 2.08. The average molecular weight is 241 g/mol. The Kier molecular flexibility index (Phi) is 2.92. The van der Waals surface area contributed by atoms with Gasteiger partial charge >= 0.3 is 0 Å². The van der Waals surface area contributed by atoms with E-state index in [1.165, 1.54) is 22.4 Å². The molecule has 0 unspecified atom stereocenters. The summed E-state index contributed by atoms with van der Waals surface area (Å²) >= 11 is 0. The number of rotatable bonds is 1. The fraction of sp³-hybridized carbons (Fsp3) is 0.400. The van der Waals surface area contributed by atoms with Crippen LogP contribution in [0.2, 0.25) is 0 Å². The molecule has 94 valence electrons. The fourth-order valence-electron chi connectivity index (χ4n) is 2.71. The molecule has 3 nitrogen and oxygen atoms in total. The Hall–Kier alpha value is -1.61. The highest BCUT2D eigenvalue weighted by molar-refractivity contribution is 5.62. The minimum absolute atomic E-state index is 1.07. The van der Waals surface area contributed by atoms with Crippen molar-refractivity contribution in [3.8, 4) is 11.3 Å². The summed E-state index contributed by atoms with van der Waals surface area (Å²) in [6, 6.07) is 8.98. The van der Waals surface area contributed by atoms with Gasteiger partial charge in [0.2, 0.25) is 0 Å². The van der Waals surface area contributed by atoms with E-state index in [2.05, 4.69) is 34.7 Å². The van der Waals surface area contributed by atoms with Crippen molar-refractivity contribution in [3.05, 3.63) is 41.1 Å². The van der Waals surface area contributed by atoms with E-state index in [-0.39, 0.29) is 0 Å². The summed E-state index contributed by atoms with van der Waals surface area (Å²) in [5.74, 6) is 0. The lowest BCUT2D eigenvalue weighted by Crippen LogP contribution is -2.16. The zero-order valence-corrected chi connectivity index (χ0v) is 11.0. The van der Waals surface area contributed by atoms with E-state index in [1.807, 2.05) is 18.7 Å². The molecule has 0 saturated heterocycles. The van der Waals surface area contributed by atoms with Gasteiger partial charge in [-0.1, -0.05) is 12.1 Å². The number of hydrogen-bond acceptors (Lipinski definition) is 2. The molecule has 0 radical (unpaired) electrons. The van der Waals surface area contributed by atoms with Crippen molar-refractivity contribution >= 4 is 0 Å². The molecule has 1 aromatic carbocycles. The number of aromatic nitrogens is 2. The maximum absolute atomic E-state index is 4.42. The van der Waals surface area contributed by atoms with Crippen LogP contribution in [0.5, 0.6) is 0 Å². The van der Waals surface area contributed by atoms with Crippen LogP contribution in [0.1, 0.15) is 16.8 Å². The second-order valence-corrected chi connectivity index (χ2v) is 5.03. The Morgan fingerprint density at radius 3 is 2.61 bits per heavy atom. The molecule has 0 aliphatic carbocycles. The van der Waals surface area contributed by atoms with Gasteiger partial charge in [0.1, 0.15) is 0 Å². The molecule has 0 spiro atoms. The highest BCUT2D eigenvalue weighted by Crippen LogP contribution is 2.24. The first-order chi connectivity index (χ1) is 8.74. The molecule has 3 rings (SSSR count). The molecule has 0 fully saturated rings. The van der Waals surface area contributed by atoms with Gasteiger partial charge in [-0.15, -0.1) is 0 Å². The second-order valence-electron chi connectivity index (χ2n) is 5.03. The van der Waals surface area contributed by atoms with Crippen molar-refractivity contribution in [1.29, 1.82) is 0 Å². The summed E-state index contributed by atoms with van der Waals surface area (Å²) in [4.78, 5) is 0. The zero-order chi connectivity index (χ0) is 12.5. The average Bonchev–Trinajstić information content (AvgIpc) is 2.58. The molecule has 1 N–H and O–H groups in total. The molecule has 2 aromatic rings. The van der Waals surface area contributed by atoms with Crippen molar-refractivity contribution in [2.45, 2.75) is 19.8 Å². The molecule has 18 heavy (non-hydrogen) atoms. The molecular weight excluding hydrogens is 222 g/mol. The molecule has 0 atom stereocenters. The number of nitrogens with one attached hydrogen (secondary N) is 1. The minimum atomic E-state index is 1.07. The number of nitrogens with zero attached hydrogens (tertiary/aromatic N) is 2. The van der Waals surface area contributed by atoms with E-state index in [9.17, 15) is 0 Å². The molecule has 0 amide bonds.